The van der Waals surface area contributed by atoms with Gasteiger partial charge in [0.2, 0.25) is 11.7 Å². The van der Waals surface area contributed by atoms with E-state index < -0.39 is 5.97 Å². The first-order valence-electron chi connectivity index (χ1n) is 6.76. The van der Waals surface area contributed by atoms with Gasteiger partial charge in [-0.15, -0.1) is 0 Å². The number of rotatable bonds is 4. The van der Waals surface area contributed by atoms with Crippen molar-refractivity contribution >= 4 is 5.97 Å². The lowest BCUT2D eigenvalue weighted by Gasteiger charge is -2.10. The van der Waals surface area contributed by atoms with E-state index in [2.05, 4.69) is 19.9 Å². The fourth-order valence-electron chi connectivity index (χ4n) is 1.89. The van der Waals surface area contributed by atoms with E-state index in [1.54, 1.807) is 30.6 Å². The maximum Gasteiger partial charge on any atom is 0.342 e. The Morgan fingerprint density at radius 1 is 1.04 bits per heavy atom. The second kappa shape index (κ2) is 6.18. The van der Waals surface area contributed by atoms with Gasteiger partial charge >= 0.3 is 5.97 Å². The average molecular weight is 308 g/mol. The Labute approximate surface area is 131 Å². The summed E-state index contributed by atoms with van der Waals surface area (Å²) >= 11 is 0. The first-order chi connectivity index (χ1) is 11.1. The molecule has 114 valence electrons. The van der Waals surface area contributed by atoms with E-state index in [-0.39, 0.29) is 17.3 Å². The van der Waals surface area contributed by atoms with Crippen LogP contribution >= 0.6 is 0 Å². The summed E-state index contributed by atoms with van der Waals surface area (Å²) in [5, 5.41) is 9.28. The zero-order chi connectivity index (χ0) is 16.2. The molecule has 0 atom stereocenters. The van der Waals surface area contributed by atoms with E-state index in [9.17, 15) is 9.90 Å². The zero-order valence-electron chi connectivity index (χ0n) is 12.2. The van der Waals surface area contributed by atoms with Crippen LogP contribution in [0.1, 0.15) is 15.9 Å². The molecule has 0 unspecified atom stereocenters. The molecule has 7 nitrogen and oxygen atoms in total. The molecule has 0 saturated heterocycles. The molecule has 0 radical (unpaired) electrons. The molecule has 2 aromatic heterocycles. The summed E-state index contributed by atoms with van der Waals surface area (Å²) in [6, 6.07) is 8.93. The number of para-hydroxylation sites is 1. The molecule has 3 rings (SSSR count). The third-order valence-corrected chi connectivity index (χ3v) is 3.05. The van der Waals surface area contributed by atoms with E-state index in [1.807, 2.05) is 19.1 Å². The predicted octanol–water partition coefficient (Wildman–Crippen LogP) is 2.73. The summed E-state index contributed by atoms with van der Waals surface area (Å²) in [7, 11) is 0. The SMILES string of the molecule is Cc1ccccc1Oc1nc(-c2ncccn2)ncc1C(=O)O. The molecular formula is C16H12N4O3. The van der Waals surface area contributed by atoms with Crippen molar-refractivity contribution in [1.29, 1.82) is 0 Å². The summed E-state index contributed by atoms with van der Waals surface area (Å²) in [4.78, 5) is 27.6. The van der Waals surface area contributed by atoms with Crippen LogP contribution in [0.15, 0.2) is 48.9 Å². The number of hydrogen-bond acceptors (Lipinski definition) is 6. The van der Waals surface area contributed by atoms with Gasteiger partial charge in [-0.2, -0.15) is 4.98 Å². The van der Waals surface area contributed by atoms with Crippen LogP contribution in [0.2, 0.25) is 0 Å². The van der Waals surface area contributed by atoms with E-state index in [4.69, 9.17) is 4.74 Å². The van der Waals surface area contributed by atoms with Crippen LogP contribution in [0.4, 0.5) is 0 Å². The number of hydrogen-bond donors (Lipinski definition) is 1. The molecule has 0 aliphatic carbocycles. The number of benzene rings is 1. The van der Waals surface area contributed by atoms with Crippen LogP contribution in [0.25, 0.3) is 11.6 Å². The molecule has 7 heteroatoms. The molecule has 3 aromatic rings. The van der Waals surface area contributed by atoms with Gasteiger partial charge in [-0.1, -0.05) is 18.2 Å². The van der Waals surface area contributed by atoms with Crippen LogP contribution in [0.3, 0.4) is 0 Å². The molecule has 1 aromatic carbocycles. The Morgan fingerprint density at radius 3 is 2.48 bits per heavy atom. The number of carboxylic acid groups (broad SMARTS) is 1. The van der Waals surface area contributed by atoms with Gasteiger partial charge in [0.1, 0.15) is 11.3 Å². The molecule has 0 aliphatic rings. The maximum atomic E-state index is 11.4. The Morgan fingerprint density at radius 2 is 1.78 bits per heavy atom. The van der Waals surface area contributed by atoms with Gasteiger partial charge in [-0.3, -0.25) is 0 Å². The van der Waals surface area contributed by atoms with E-state index in [0.29, 0.717) is 11.6 Å². The van der Waals surface area contributed by atoms with E-state index in [1.165, 1.54) is 6.20 Å². The Bertz CT molecular complexity index is 853. The normalized spacial score (nSPS) is 10.3. The first-order valence-corrected chi connectivity index (χ1v) is 6.76. The second-order valence-electron chi connectivity index (χ2n) is 4.66. The van der Waals surface area contributed by atoms with E-state index in [0.717, 1.165) is 5.56 Å². The Kier molecular flexibility index (Phi) is 3.92. The highest BCUT2D eigenvalue weighted by atomic mass is 16.5. The van der Waals surface area contributed by atoms with Gasteiger partial charge in [0.25, 0.3) is 0 Å². The van der Waals surface area contributed by atoms with E-state index >= 15 is 0 Å². The fraction of sp³-hybridized carbons (Fsp3) is 0.0625. The van der Waals surface area contributed by atoms with Crippen LogP contribution in [-0.4, -0.2) is 31.0 Å². The van der Waals surface area contributed by atoms with Crippen molar-refractivity contribution in [3.63, 3.8) is 0 Å². The lowest BCUT2D eigenvalue weighted by atomic mass is 10.2. The predicted molar refractivity (Wildman–Crippen MR) is 81.3 cm³/mol. The van der Waals surface area contributed by atoms with Gasteiger partial charge in [0, 0.05) is 18.6 Å². The standard InChI is InChI=1S/C16H12N4O3/c1-10-5-2-3-6-12(10)23-15-11(16(21)22)9-19-14(20-15)13-17-7-4-8-18-13/h2-9H,1H3,(H,21,22). The molecule has 23 heavy (non-hydrogen) atoms. The number of carbonyl (C=O) groups is 1. The monoisotopic (exact) mass is 308 g/mol. The quantitative estimate of drug-likeness (QED) is 0.791. The van der Waals surface area contributed by atoms with Crippen molar-refractivity contribution in [2.45, 2.75) is 6.92 Å². The molecule has 0 aliphatic heterocycles. The Balaban J connectivity index is 2.06. The third-order valence-electron chi connectivity index (χ3n) is 3.05. The van der Waals surface area contributed by atoms with Crippen LogP contribution < -0.4 is 4.74 Å². The van der Waals surface area contributed by atoms with Gasteiger partial charge < -0.3 is 9.84 Å². The number of aromatic carboxylic acids is 1. The second-order valence-corrected chi connectivity index (χ2v) is 4.66. The molecule has 0 amide bonds. The summed E-state index contributed by atoms with van der Waals surface area (Å²) in [5.41, 5.74) is 0.730. The third kappa shape index (κ3) is 3.13. The summed E-state index contributed by atoms with van der Waals surface area (Å²) < 4.78 is 5.68. The lowest BCUT2D eigenvalue weighted by Crippen LogP contribution is -2.06. The fourth-order valence-corrected chi connectivity index (χ4v) is 1.89. The van der Waals surface area contributed by atoms with Crippen molar-refractivity contribution in [1.82, 2.24) is 19.9 Å². The highest BCUT2D eigenvalue weighted by Crippen LogP contribution is 2.27. The number of ether oxygens (including phenoxy) is 1. The van der Waals surface area contributed by atoms with Gasteiger partial charge in [-0.25, -0.2) is 19.7 Å². The van der Waals surface area contributed by atoms with Gasteiger partial charge in [0.15, 0.2) is 5.82 Å². The first kappa shape index (κ1) is 14.6. The van der Waals surface area contributed by atoms with Crippen molar-refractivity contribution in [3.8, 4) is 23.3 Å². The average Bonchev–Trinajstić information content (AvgIpc) is 2.57. The minimum absolute atomic E-state index is 0.0516. The molecule has 2 heterocycles. The van der Waals surface area contributed by atoms with Crippen molar-refractivity contribution in [2.24, 2.45) is 0 Å². The van der Waals surface area contributed by atoms with Gasteiger partial charge in [-0.05, 0) is 24.6 Å². The highest BCUT2D eigenvalue weighted by Gasteiger charge is 2.18. The molecule has 0 fully saturated rings. The summed E-state index contributed by atoms with van der Waals surface area (Å²) in [5.74, 6) is -0.217. The largest absolute Gasteiger partial charge is 0.477 e. The molecule has 1 N–H and O–H groups in total. The maximum absolute atomic E-state index is 11.4. The van der Waals surface area contributed by atoms with Crippen LogP contribution in [0, 0.1) is 6.92 Å². The topological polar surface area (TPSA) is 98.1 Å². The van der Waals surface area contributed by atoms with Crippen molar-refractivity contribution < 1.29 is 14.6 Å². The highest BCUT2D eigenvalue weighted by molar-refractivity contribution is 5.90. The minimum atomic E-state index is -1.17. The van der Waals surface area contributed by atoms with Crippen LogP contribution in [-0.2, 0) is 0 Å². The summed E-state index contributed by atoms with van der Waals surface area (Å²) in [6.45, 7) is 1.86. The molecule has 0 spiro atoms. The molecule has 0 bridgehead atoms. The molecule has 0 saturated carbocycles. The number of aromatic nitrogens is 4. The van der Waals surface area contributed by atoms with Gasteiger partial charge in [0.05, 0.1) is 0 Å². The van der Waals surface area contributed by atoms with Crippen molar-refractivity contribution in [2.75, 3.05) is 0 Å². The van der Waals surface area contributed by atoms with Crippen LogP contribution in [0.5, 0.6) is 11.6 Å². The number of carboxylic acids is 1. The van der Waals surface area contributed by atoms with Crippen molar-refractivity contribution in [3.05, 3.63) is 60.0 Å². The minimum Gasteiger partial charge on any atom is -0.477 e. The summed E-state index contributed by atoms with van der Waals surface area (Å²) in [6.07, 6.45) is 4.30. The number of aryl methyl sites for hydroxylation is 1. The Hall–Kier alpha value is -3.35. The smallest absolute Gasteiger partial charge is 0.342 e. The number of nitrogens with zero attached hydrogens (tertiary/aromatic N) is 4. The lowest BCUT2D eigenvalue weighted by molar-refractivity contribution is 0.0693. The zero-order valence-corrected chi connectivity index (χ0v) is 12.2. The molecular weight excluding hydrogens is 296 g/mol.